The number of carbonyl (C=O) groups is 1. The monoisotopic (exact) mass is 235 g/mol. The molecule has 15 heavy (non-hydrogen) atoms. The molecule has 0 aromatic rings. The van der Waals surface area contributed by atoms with E-state index in [9.17, 15) is 13.2 Å². The van der Waals surface area contributed by atoms with Crippen LogP contribution in [0.5, 0.6) is 0 Å². The van der Waals surface area contributed by atoms with Crippen molar-refractivity contribution < 1.29 is 17.8 Å². The molecule has 1 amide bonds. The van der Waals surface area contributed by atoms with E-state index in [2.05, 4.69) is 12.2 Å². The van der Waals surface area contributed by atoms with Gasteiger partial charge < -0.3 is 5.32 Å². The smallest absolute Gasteiger partial charge is 0.266 e. The molecule has 0 bridgehead atoms. The van der Waals surface area contributed by atoms with Crippen molar-refractivity contribution in [1.29, 1.82) is 0 Å². The van der Waals surface area contributed by atoms with E-state index in [4.69, 9.17) is 4.55 Å². The standard InChI is InChI=1S/C9H17NO4S/c1-2-3-4-5-6-9(11)10-7-8-15(12,13)14/h5-6H,2-4,7-8H2,1H3,(H,10,11)(H,12,13,14). The molecular weight excluding hydrogens is 218 g/mol. The lowest BCUT2D eigenvalue weighted by molar-refractivity contribution is -0.116. The van der Waals surface area contributed by atoms with Crippen LogP contribution in [0.25, 0.3) is 0 Å². The van der Waals surface area contributed by atoms with E-state index in [1.165, 1.54) is 6.08 Å². The number of unbranched alkanes of at least 4 members (excludes halogenated alkanes) is 2. The zero-order valence-electron chi connectivity index (χ0n) is 8.77. The van der Waals surface area contributed by atoms with Crippen LogP contribution >= 0.6 is 0 Å². The van der Waals surface area contributed by atoms with Crippen molar-refractivity contribution in [3.05, 3.63) is 12.2 Å². The van der Waals surface area contributed by atoms with Crippen LogP contribution in [-0.4, -0.2) is 31.2 Å². The van der Waals surface area contributed by atoms with Gasteiger partial charge in [-0.15, -0.1) is 0 Å². The molecule has 0 aliphatic heterocycles. The lowest BCUT2D eigenvalue weighted by Gasteiger charge is -1.99. The summed E-state index contributed by atoms with van der Waals surface area (Å²) < 4.78 is 29.0. The first-order chi connectivity index (χ1) is 6.95. The van der Waals surface area contributed by atoms with Gasteiger partial charge in [0.1, 0.15) is 0 Å². The third-order valence-corrected chi connectivity index (χ3v) is 2.37. The van der Waals surface area contributed by atoms with Crippen LogP contribution in [0.1, 0.15) is 26.2 Å². The fraction of sp³-hybridized carbons (Fsp3) is 0.667. The van der Waals surface area contributed by atoms with Crippen LogP contribution < -0.4 is 5.32 Å². The molecular formula is C9H17NO4S. The number of hydrogen-bond donors (Lipinski definition) is 2. The van der Waals surface area contributed by atoms with Crippen LogP contribution in [0.2, 0.25) is 0 Å². The van der Waals surface area contributed by atoms with E-state index in [0.29, 0.717) is 0 Å². The lowest BCUT2D eigenvalue weighted by atomic mass is 10.2. The normalized spacial score (nSPS) is 11.9. The Balaban J connectivity index is 3.62. The third kappa shape index (κ3) is 11.0. The maximum absolute atomic E-state index is 11.0. The zero-order chi connectivity index (χ0) is 11.7. The molecule has 0 fully saturated rings. The average Bonchev–Trinajstić information content (AvgIpc) is 2.10. The Labute approximate surface area is 90.3 Å². The summed E-state index contributed by atoms with van der Waals surface area (Å²) in [6.45, 7) is 1.98. The van der Waals surface area contributed by atoms with Crippen molar-refractivity contribution in [2.75, 3.05) is 12.3 Å². The molecule has 0 saturated heterocycles. The van der Waals surface area contributed by atoms with Crippen molar-refractivity contribution >= 4 is 16.0 Å². The maximum atomic E-state index is 11.0. The van der Waals surface area contributed by atoms with Crippen LogP contribution in [0.4, 0.5) is 0 Å². The highest BCUT2D eigenvalue weighted by Crippen LogP contribution is 1.94. The highest BCUT2D eigenvalue weighted by atomic mass is 32.2. The van der Waals surface area contributed by atoms with Crippen molar-refractivity contribution in [3.8, 4) is 0 Å². The minimum absolute atomic E-state index is 0.0736. The Morgan fingerprint density at radius 1 is 1.47 bits per heavy atom. The molecule has 0 spiro atoms. The molecule has 0 unspecified atom stereocenters. The predicted molar refractivity (Wildman–Crippen MR) is 58.1 cm³/mol. The van der Waals surface area contributed by atoms with Gasteiger partial charge in [0.05, 0.1) is 5.75 Å². The van der Waals surface area contributed by atoms with E-state index in [1.54, 1.807) is 6.08 Å². The van der Waals surface area contributed by atoms with Gasteiger partial charge in [0.25, 0.3) is 10.1 Å². The van der Waals surface area contributed by atoms with Gasteiger partial charge in [-0.3, -0.25) is 9.35 Å². The summed E-state index contributed by atoms with van der Waals surface area (Å²) in [7, 11) is -3.99. The largest absolute Gasteiger partial charge is 0.351 e. The fourth-order valence-corrected chi connectivity index (χ4v) is 1.23. The molecule has 0 radical (unpaired) electrons. The molecule has 5 nitrogen and oxygen atoms in total. The zero-order valence-corrected chi connectivity index (χ0v) is 9.59. The van der Waals surface area contributed by atoms with Gasteiger partial charge >= 0.3 is 0 Å². The van der Waals surface area contributed by atoms with Crippen molar-refractivity contribution in [3.63, 3.8) is 0 Å². The number of hydrogen-bond acceptors (Lipinski definition) is 3. The molecule has 0 aliphatic carbocycles. The highest BCUT2D eigenvalue weighted by molar-refractivity contribution is 7.85. The molecule has 6 heteroatoms. The summed E-state index contributed by atoms with van der Waals surface area (Å²) in [5.41, 5.74) is 0. The minimum atomic E-state index is -3.99. The number of rotatable bonds is 7. The van der Waals surface area contributed by atoms with Gasteiger partial charge in [-0.2, -0.15) is 8.42 Å². The van der Waals surface area contributed by atoms with E-state index < -0.39 is 15.9 Å². The Kier molecular flexibility index (Phi) is 6.98. The van der Waals surface area contributed by atoms with Gasteiger partial charge in [-0.05, 0) is 12.5 Å². The predicted octanol–water partition coefficient (Wildman–Crippen LogP) is 0.737. The van der Waals surface area contributed by atoms with Gasteiger partial charge in [0.2, 0.25) is 5.91 Å². The van der Waals surface area contributed by atoms with Crippen LogP contribution in [-0.2, 0) is 14.9 Å². The molecule has 0 rings (SSSR count). The summed E-state index contributed by atoms with van der Waals surface area (Å²) in [6, 6.07) is 0. The second-order valence-corrected chi connectivity index (χ2v) is 4.69. The van der Waals surface area contributed by atoms with Gasteiger partial charge in [-0.1, -0.05) is 25.8 Å². The highest BCUT2D eigenvalue weighted by Gasteiger charge is 2.03. The van der Waals surface area contributed by atoms with E-state index >= 15 is 0 Å². The Bertz CT molecular complexity index is 308. The van der Waals surface area contributed by atoms with E-state index in [0.717, 1.165) is 19.3 Å². The van der Waals surface area contributed by atoms with Crippen LogP contribution in [0.3, 0.4) is 0 Å². The third-order valence-electron chi connectivity index (χ3n) is 1.65. The van der Waals surface area contributed by atoms with E-state index in [-0.39, 0.29) is 12.5 Å². The average molecular weight is 235 g/mol. The first-order valence-electron chi connectivity index (χ1n) is 4.85. The molecule has 0 heterocycles. The molecule has 88 valence electrons. The van der Waals surface area contributed by atoms with Gasteiger partial charge in [0.15, 0.2) is 0 Å². The van der Waals surface area contributed by atoms with Crippen molar-refractivity contribution in [2.24, 2.45) is 0 Å². The second kappa shape index (κ2) is 7.42. The van der Waals surface area contributed by atoms with Gasteiger partial charge in [-0.25, -0.2) is 0 Å². The Hall–Kier alpha value is -0.880. The quantitative estimate of drug-likeness (QED) is 0.387. The van der Waals surface area contributed by atoms with Crippen molar-refractivity contribution in [1.82, 2.24) is 5.32 Å². The molecule has 2 N–H and O–H groups in total. The summed E-state index contributed by atoms with van der Waals surface area (Å²) in [5.74, 6) is -0.795. The summed E-state index contributed by atoms with van der Waals surface area (Å²) in [4.78, 5) is 11.0. The summed E-state index contributed by atoms with van der Waals surface area (Å²) >= 11 is 0. The number of amides is 1. The van der Waals surface area contributed by atoms with Gasteiger partial charge in [0, 0.05) is 6.54 Å². The van der Waals surface area contributed by atoms with Crippen molar-refractivity contribution in [2.45, 2.75) is 26.2 Å². The summed E-state index contributed by atoms with van der Waals surface area (Å²) in [6.07, 6.45) is 6.04. The molecule has 0 aromatic heterocycles. The fourth-order valence-electron chi connectivity index (χ4n) is 0.874. The van der Waals surface area contributed by atoms with E-state index in [1.807, 2.05) is 0 Å². The maximum Gasteiger partial charge on any atom is 0.266 e. The molecule has 0 aliphatic rings. The Morgan fingerprint density at radius 3 is 2.67 bits per heavy atom. The molecule has 0 saturated carbocycles. The number of allylic oxidation sites excluding steroid dienone is 1. The number of carbonyl (C=O) groups excluding carboxylic acids is 1. The second-order valence-electron chi connectivity index (χ2n) is 3.12. The first-order valence-corrected chi connectivity index (χ1v) is 6.46. The lowest BCUT2D eigenvalue weighted by Crippen LogP contribution is -2.27. The number of nitrogens with one attached hydrogen (secondary N) is 1. The first kappa shape index (κ1) is 14.1. The topological polar surface area (TPSA) is 83.5 Å². The minimum Gasteiger partial charge on any atom is -0.351 e. The SMILES string of the molecule is CCCCC=CC(=O)NCCS(=O)(=O)O. The molecule has 0 aromatic carbocycles. The summed E-state index contributed by atoms with van der Waals surface area (Å²) in [5, 5.41) is 2.35. The Morgan fingerprint density at radius 2 is 2.13 bits per heavy atom. The molecule has 0 atom stereocenters. The van der Waals surface area contributed by atoms with Crippen LogP contribution in [0, 0.1) is 0 Å². The van der Waals surface area contributed by atoms with Crippen LogP contribution in [0.15, 0.2) is 12.2 Å².